The lowest BCUT2D eigenvalue weighted by atomic mass is 9.99. The molecule has 5 heteroatoms. The zero-order valence-corrected chi connectivity index (χ0v) is 17.1. The number of hydrogen-bond acceptors (Lipinski definition) is 4. The van der Waals surface area contributed by atoms with E-state index in [9.17, 15) is 4.79 Å². The molecule has 2 aromatic carbocycles. The van der Waals surface area contributed by atoms with Crippen LogP contribution >= 0.6 is 0 Å². The third-order valence-electron chi connectivity index (χ3n) is 5.34. The maximum atomic E-state index is 12.9. The summed E-state index contributed by atoms with van der Waals surface area (Å²) in [6.07, 6.45) is 0.698. The van der Waals surface area contributed by atoms with Crippen LogP contribution in [0.15, 0.2) is 48.5 Å². The molecule has 1 aliphatic heterocycles. The van der Waals surface area contributed by atoms with Crippen LogP contribution < -0.4 is 9.47 Å². The van der Waals surface area contributed by atoms with Crippen LogP contribution in [0.1, 0.15) is 18.1 Å². The smallest absolute Gasteiger partial charge is 0.225 e. The van der Waals surface area contributed by atoms with Gasteiger partial charge in [0.05, 0.1) is 14.2 Å². The molecule has 1 aliphatic rings. The van der Waals surface area contributed by atoms with E-state index >= 15 is 0 Å². The van der Waals surface area contributed by atoms with Gasteiger partial charge < -0.3 is 14.4 Å². The van der Waals surface area contributed by atoms with Crippen LogP contribution in [0.5, 0.6) is 11.5 Å². The van der Waals surface area contributed by atoms with Gasteiger partial charge in [0.25, 0.3) is 0 Å². The lowest BCUT2D eigenvalue weighted by Crippen LogP contribution is -2.49. The predicted octanol–water partition coefficient (Wildman–Crippen LogP) is 3.23. The Balaban J connectivity index is 1.52. The van der Waals surface area contributed by atoms with Gasteiger partial charge in [0.2, 0.25) is 5.91 Å². The van der Waals surface area contributed by atoms with Crippen molar-refractivity contribution in [2.24, 2.45) is 5.92 Å². The number of amides is 1. The van der Waals surface area contributed by atoms with Crippen molar-refractivity contribution in [3.8, 4) is 11.5 Å². The van der Waals surface area contributed by atoms with Crippen LogP contribution in [0.3, 0.4) is 0 Å². The van der Waals surface area contributed by atoms with Crippen LogP contribution in [0.2, 0.25) is 0 Å². The summed E-state index contributed by atoms with van der Waals surface area (Å²) in [5, 5.41) is 0. The highest BCUT2D eigenvalue weighted by molar-refractivity contribution is 5.79. The summed E-state index contributed by atoms with van der Waals surface area (Å²) >= 11 is 0. The molecule has 0 radical (unpaired) electrons. The fourth-order valence-electron chi connectivity index (χ4n) is 3.73. The monoisotopic (exact) mass is 382 g/mol. The predicted molar refractivity (Wildman–Crippen MR) is 111 cm³/mol. The summed E-state index contributed by atoms with van der Waals surface area (Å²) < 4.78 is 10.7. The van der Waals surface area contributed by atoms with Gasteiger partial charge in [-0.1, -0.05) is 43.3 Å². The van der Waals surface area contributed by atoms with Gasteiger partial charge >= 0.3 is 0 Å². The van der Waals surface area contributed by atoms with Gasteiger partial charge in [-0.05, 0) is 29.7 Å². The van der Waals surface area contributed by atoms with E-state index in [2.05, 4.69) is 29.2 Å². The molecule has 3 rings (SSSR count). The molecular weight excluding hydrogens is 352 g/mol. The van der Waals surface area contributed by atoms with Crippen LogP contribution in [-0.4, -0.2) is 56.1 Å². The van der Waals surface area contributed by atoms with Gasteiger partial charge in [0.1, 0.15) is 0 Å². The molecule has 0 aliphatic carbocycles. The molecule has 150 valence electrons. The van der Waals surface area contributed by atoms with Crippen molar-refractivity contribution in [1.29, 1.82) is 0 Å². The van der Waals surface area contributed by atoms with Crippen molar-refractivity contribution in [1.82, 2.24) is 9.80 Å². The number of piperazine rings is 1. The fraction of sp³-hybridized carbons (Fsp3) is 0.435. The summed E-state index contributed by atoms with van der Waals surface area (Å²) in [4.78, 5) is 17.3. The first kappa shape index (κ1) is 20.2. The normalized spacial score (nSPS) is 15.9. The second kappa shape index (κ2) is 9.60. The van der Waals surface area contributed by atoms with E-state index in [1.54, 1.807) is 14.2 Å². The van der Waals surface area contributed by atoms with Gasteiger partial charge in [-0.15, -0.1) is 0 Å². The van der Waals surface area contributed by atoms with Crippen LogP contribution in [0.25, 0.3) is 0 Å². The van der Waals surface area contributed by atoms with Crippen molar-refractivity contribution in [2.75, 3.05) is 40.4 Å². The first-order chi connectivity index (χ1) is 13.6. The molecule has 1 atom stereocenters. The minimum Gasteiger partial charge on any atom is -0.493 e. The summed E-state index contributed by atoms with van der Waals surface area (Å²) in [7, 11) is 3.26. The van der Waals surface area contributed by atoms with E-state index in [1.807, 2.05) is 36.1 Å². The highest BCUT2D eigenvalue weighted by Crippen LogP contribution is 2.28. The summed E-state index contributed by atoms with van der Waals surface area (Å²) in [5.41, 5.74) is 2.41. The fourth-order valence-corrected chi connectivity index (χ4v) is 3.73. The number of methoxy groups -OCH3 is 2. The molecule has 0 saturated carbocycles. The van der Waals surface area contributed by atoms with Crippen molar-refractivity contribution < 1.29 is 14.3 Å². The van der Waals surface area contributed by atoms with Gasteiger partial charge in [-0.25, -0.2) is 0 Å². The summed E-state index contributed by atoms with van der Waals surface area (Å²) in [6, 6.07) is 16.4. The van der Waals surface area contributed by atoms with Gasteiger partial charge in [-0.2, -0.15) is 0 Å². The molecule has 0 N–H and O–H groups in total. The van der Waals surface area contributed by atoms with Gasteiger partial charge in [-0.3, -0.25) is 9.69 Å². The second-order valence-electron chi connectivity index (χ2n) is 7.38. The Morgan fingerprint density at radius 1 is 0.929 bits per heavy atom. The van der Waals surface area contributed by atoms with E-state index in [1.165, 1.54) is 5.56 Å². The standard InChI is InChI=1S/C23H30N2O3/c1-18(15-20-9-10-21(27-2)22(16-20)28-3)23(26)25-13-11-24(12-14-25)17-19-7-5-4-6-8-19/h4-10,16,18H,11-15,17H2,1-3H3. The Labute approximate surface area is 167 Å². The first-order valence-corrected chi connectivity index (χ1v) is 9.86. The number of hydrogen-bond donors (Lipinski definition) is 0. The van der Waals surface area contributed by atoms with E-state index in [4.69, 9.17) is 9.47 Å². The maximum Gasteiger partial charge on any atom is 0.225 e. The van der Waals surface area contributed by atoms with Gasteiger partial charge in [0.15, 0.2) is 11.5 Å². The number of ether oxygens (including phenoxy) is 2. The molecule has 0 bridgehead atoms. The zero-order valence-electron chi connectivity index (χ0n) is 17.1. The average Bonchev–Trinajstić information content (AvgIpc) is 2.74. The van der Waals surface area contributed by atoms with Crippen LogP contribution in [-0.2, 0) is 17.8 Å². The Hall–Kier alpha value is -2.53. The average molecular weight is 383 g/mol. The molecular formula is C23H30N2O3. The largest absolute Gasteiger partial charge is 0.493 e. The molecule has 1 saturated heterocycles. The zero-order chi connectivity index (χ0) is 19.9. The van der Waals surface area contributed by atoms with Gasteiger partial charge in [0, 0.05) is 38.6 Å². The molecule has 1 amide bonds. The molecule has 1 heterocycles. The first-order valence-electron chi connectivity index (χ1n) is 9.86. The molecule has 1 fully saturated rings. The number of rotatable bonds is 7. The van der Waals surface area contributed by atoms with Crippen molar-refractivity contribution in [3.05, 3.63) is 59.7 Å². The Bertz CT molecular complexity index is 771. The SMILES string of the molecule is COc1ccc(CC(C)C(=O)N2CCN(Cc3ccccc3)CC2)cc1OC. The third kappa shape index (κ3) is 5.04. The number of carbonyl (C=O) groups excluding carboxylic acids is 1. The van der Waals surface area contributed by atoms with Crippen LogP contribution in [0.4, 0.5) is 0 Å². The molecule has 2 aromatic rings. The third-order valence-corrected chi connectivity index (χ3v) is 5.34. The van der Waals surface area contributed by atoms with Crippen molar-refractivity contribution in [3.63, 3.8) is 0 Å². The summed E-state index contributed by atoms with van der Waals surface area (Å²) in [6.45, 7) is 6.39. The number of benzene rings is 2. The minimum atomic E-state index is -0.0567. The van der Waals surface area contributed by atoms with E-state index in [0.29, 0.717) is 17.9 Å². The topological polar surface area (TPSA) is 42.0 Å². The molecule has 0 spiro atoms. The molecule has 1 unspecified atom stereocenters. The van der Waals surface area contributed by atoms with Crippen molar-refractivity contribution >= 4 is 5.91 Å². The Morgan fingerprint density at radius 2 is 1.61 bits per heavy atom. The Morgan fingerprint density at radius 3 is 2.25 bits per heavy atom. The Kier molecular flexibility index (Phi) is 6.93. The highest BCUT2D eigenvalue weighted by atomic mass is 16.5. The quantitative estimate of drug-likeness (QED) is 0.737. The second-order valence-corrected chi connectivity index (χ2v) is 7.38. The summed E-state index contributed by atoms with van der Waals surface area (Å²) in [5.74, 6) is 1.59. The van der Waals surface area contributed by atoms with E-state index in [-0.39, 0.29) is 11.8 Å². The lowest BCUT2D eigenvalue weighted by Gasteiger charge is -2.36. The lowest BCUT2D eigenvalue weighted by molar-refractivity contribution is -0.136. The van der Waals surface area contributed by atoms with E-state index < -0.39 is 0 Å². The minimum absolute atomic E-state index is 0.0567. The van der Waals surface area contributed by atoms with Crippen LogP contribution in [0, 0.1) is 5.92 Å². The molecule has 0 aromatic heterocycles. The van der Waals surface area contributed by atoms with Crippen molar-refractivity contribution in [2.45, 2.75) is 19.9 Å². The number of carbonyl (C=O) groups is 1. The molecule has 5 nitrogen and oxygen atoms in total. The van der Waals surface area contributed by atoms with E-state index in [0.717, 1.165) is 38.3 Å². The molecule has 28 heavy (non-hydrogen) atoms. The number of nitrogens with zero attached hydrogens (tertiary/aromatic N) is 2. The maximum absolute atomic E-state index is 12.9. The highest BCUT2D eigenvalue weighted by Gasteiger charge is 2.25.